The Morgan fingerprint density at radius 1 is 0.963 bits per heavy atom. The highest BCUT2D eigenvalue weighted by Gasteiger charge is 2.15. The summed E-state index contributed by atoms with van der Waals surface area (Å²) >= 11 is 6.45. The summed E-state index contributed by atoms with van der Waals surface area (Å²) in [6.45, 7) is 4.20. The molecule has 140 valence electrons. The summed E-state index contributed by atoms with van der Waals surface area (Å²) in [5, 5.41) is 4.09. The van der Waals surface area contributed by atoms with E-state index in [-0.39, 0.29) is 6.04 Å². The number of para-hydroxylation sites is 1. The average molecular weight is 382 g/mol. The third kappa shape index (κ3) is 4.98. The molecule has 0 spiro atoms. The Hall–Kier alpha value is -2.59. The van der Waals surface area contributed by atoms with Crippen LogP contribution in [0.2, 0.25) is 5.02 Å². The van der Waals surface area contributed by atoms with Gasteiger partial charge in [0.1, 0.15) is 28.7 Å². The van der Waals surface area contributed by atoms with E-state index in [0.717, 1.165) is 36.5 Å². The highest BCUT2D eigenvalue weighted by Crippen LogP contribution is 2.30. The molecular weight excluding hydrogens is 358 g/mol. The molecule has 0 bridgehead atoms. The van der Waals surface area contributed by atoms with Gasteiger partial charge in [0, 0.05) is 0 Å². The normalized spacial score (nSPS) is 11.8. The van der Waals surface area contributed by atoms with E-state index in [1.54, 1.807) is 6.33 Å². The first-order chi connectivity index (χ1) is 13.2. The number of nitrogens with zero attached hydrogens (tertiary/aromatic N) is 2. The maximum Gasteiger partial charge on any atom is 0.149 e. The second-order valence-electron chi connectivity index (χ2n) is 6.31. The molecule has 1 unspecified atom stereocenters. The smallest absolute Gasteiger partial charge is 0.149 e. The Labute approximate surface area is 165 Å². The van der Waals surface area contributed by atoms with Gasteiger partial charge in [0.15, 0.2) is 0 Å². The molecule has 1 atom stereocenters. The SMILES string of the molecule is CCCC(Nc1ncnc(CC)c1Cl)c1ccc(Oc2ccccc2)cc1. The predicted octanol–water partition coefficient (Wildman–Crippen LogP) is 6.44. The summed E-state index contributed by atoms with van der Waals surface area (Å²) in [5.41, 5.74) is 2.03. The first-order valence-corrected chi connectivity index (χ1v) is 9.67. The lowest BCUT2D eigenvalue weighted by Crippen LogP contribution is -2.13. The average Bonchev–Trinajstić information content (AvgIpc) is 2.70. The minimum Gasteiger partial charge on any atom is -0.457 e. The number of aryl methyl sites for hydroxylation is 1. The largest absolute Gasteiger partial charge is 0.457 e. The van der Waals surface area contributed by atoms with Crippen LogP contribution < -0.4 is 10.1 Å². The fraction of sp³-hybridized carbons (Fsp3) is 0.273. The quantitative estimate of drug-likeness (QED) is 0.487. The van der Waals surface area contributed by atoms with E-state index in [2.05, 4.69) is 34.3 Å². The van der Waals surface area contributed by atoms with E-state index in [4.69, 9.17) is 16.3 Å². The Morgan fingerprint density at radius 3 is 2.33 bits per heavy atom. The summed E-state index contributed by atoms with van der Waals surface area (Å²) in [6.07, 6.45) is 4.36. The summed E-state index contributed by atoms with van der Waals surface area (Å²) in [5.74, 6) is 2.33. The molecule has 2 aromatic carbocycles. The van der Waals surface area contributed by atoms with Gasteiger partial charge >= 0.3 is 0 Å². The van der Waals surface area contributed by atoms with Crippen molar-refractivity contribution in [3.8, 4) is 11.5 Å². The van der Waals surface area contributed by atoms with Crippen LogP contribution in [0.4, 0.5) is 5.82 Å². The van der Waals surface area contributed by atoms with Crippen molar-refractivity contribution in [2.24, 2.45) is 0 Å². The molecule has 0 fully saturated rings. The summed E-state index contributed by atoms with van der Waals surface area (Å²) < 4.78 is 5.88. The molecule has 1 N–H and O–H groups in total. The molecule has 0 radical (unpaired) electrons. The second kappa shape index (κ2) is 9.38. The van der Waals surface area contributed by atoms with E-state index in [0.29, 0.717) is 10.8 Å². The third-order valence-corrected chi connectivity index (χ3v) is 4.74. The molecule has 27 heavy (non-hydrogen) atoms. The van der Waals surface area contributed by atoms with Crippen LogP contribution in [0, 0.1) is 0 Å². The van der Waals surface area contributed by atoms with Gasteiger partial charge in [-0.1, -0.05) is 62.2 Å². The van der Waals surface area contributed by atoms with Crippen LogP contribution in [0.5, 0.6) is 11.5 Å². The second-order valence-corrected chi connectivity index (χ2v) is 6.68. The molecule has 3 aromatic rings. The first kappa shape index (κ1) is 19.2. The van der Waals surface area contributed by atoms with Crippen LogP contribution in [0.15, 0.2) is 60.9 Å². The van der Waals surface area contributed by atoms with E-state index < -0.39 is 0 Å². The van der Waals surface area contributed by atoms with Gasteiger partial charge in [0.25, 0.3) is 0 Å². The Balaban J connectivity index is 1.77. The van der Waals surface area contributed by atoms with Gasteiger partial charge in [-0.3, -0.25) is 0 Å². The summed E-state index contributed by atoms with van der Waals surface area (Å²) in [4.78, 5) is 8.56. The molecule has 1 aromatic heterocycles. The van der Waals surface area contributed by atoms with Crippen LogP contribution in [0.3, 0.4) is 0 Å². The van der Waals surface area contributed by atoms with Crippen LogP contribution in [-0.4, -0.2) is 9.97 Å². The molecule has 3 rings (SSSR count). The van der Waals surface area contributed by atoms with Crippen molar-refractivity contribution in [1.29, 1.82) is 0 Å². The summed E-state index contributed by atoms with van der Waals surface area (Å²) in [6, 6.07) is 18.1. The van der Waals surface area contributed by atoms with Gasteiger partial charge in [-0.15, -0.1) is 0 Å². The highest BCUT2D eigenvalue weighted by atomic mass is 35.5. The molecule has 0 aliphatic heterocycles. The van der Waals surface area contributed by atoms with Gasteiger partial charge in [-0.05, 0) is 42.7 Å². The zero-order valence-electron chi connectivity index (χ0n) is 15.7. The zero-order valence-corrected chi connectivity index (χ0v) is 16.4. The number of anilines is 1. The molecule has 0 aliphatic carbocycles. The number of ether oxygens (including phenoxy) is 1. The number of hydrogen-bond acceptors (Lipinski definition) is 4. The van der Waals surface area contributed by atoms with Crippen molar-refractivity contribution < 1.29 is 4.74 Å². The third-order valence-electron chi connectivity index (χ3n) is 4.35. The molecule has 0 saturated heterocycles. The summed E-state index contributed by atoms with van der Waals surface area (Å²) in [7, 11) is 0. The minimum atomic E-state index is 0.123. The number of halogens is 1. The van der Waals surface area contributed by atoms with E-state index in [9.17, 15) is 0 Å². The van der Waals surface area contributed by atoms with Crippen molar-refractivity contribution in [1.82, 2.24) is 9.97 Å². The van der Waals surface area contributed by atoms with Gasteiger partial charge in [-0.2, -0.15) is 0 Å². The van der Waals surface area contributed by atoms with Crippen LogP contribution >= 0.6 is 11.6 Å². The lowest BCUT2D eigenvalue weighted by atomic mass is 10.0. The monoisotopic (exact) mass is 381 g/mol. The first-order valence-electron chi connectivity index (χ1n) is 9.30. The highest BCUT2D eigenvalue weighted by molar-refractivity contribution is 6.33. The molecule has 0 amide bonds. The predicted molar refractivity (Wildman–Crippen MR) is 111 cm³/mol. The van der Waals surface area contributed by atoms with E-state index in [1.165, 1.54) is 5.56 Å². The zero-order chi connectivity index (χ0) is 19.1. The van der Waals surface area contributed by atoms with Crippen molar-refractivity contribution in [3.63, 3.8) is 0 Å². The van der Waals surface area contributed by atoms with Gasteiger partial charge in [0.2, 0.25) is 0 Å². The molecule has 0 aliphatic rings. The fourth-order valence-electron chi connectivity index (χ4n) is 2.92. The Bertz CT molecular complexity index is 853. The van der Waals surface area contributed by atoms with Crippen LogP contribution in [0.1, 0.15) is 44.0 Å². The van der Waals surface area contributed by atoms with Gasteiger partial charge in [-0.25, -0.2) is 9.97 Å². The fourth-order valence-corrected chi connectivity index (χ4v) is 3.21. The van der Waals surface area contributed by atoms with E-state index in [1.807, 2.05) is 49.4 Å². The lowest BCUT2D eigenvalue weighted by Gasteiger charge is -2.20. The number of rotatable bonds is 8. The molecule has 5 heteroatoms. The Kier molecular flexibility index (Phi) is 6.66. The standard InChI is InChI=1S/C22H24ClN3O/c1-3-8-20(26-22-21(23)19(4-2)24-15-25-22)16-11-13-18(14-12-16)27-17-9-6-5-7-10-17/h5-7,9-15,20H,3-4,8H2,1-2H3,(H,24,25,26). The van der Waals surface area contributed by atoms with Crippen LogP contribution in [-0.2, 0) is 6.42 Å². The van der Waals surface area contributed by atoms with Crippen LogP contribution in [0.25, 0.3) is 0 Å². The molecule has 1 heterocycles. The lowest BCUT2D eigenvalue weighted by molar-refractivity contribution is 0.482. The van der Waals surface area contributed by atoms with Crippen molar-refractivity contribution in [3.05, 3.63) is 77.2 Å². The van der Waals surface area contributed by atoms with Gasteiger partial charge in [0.05, 0.1) is 11.7 Å². The maximum absolute atomic E-state index is 6.45. The van der Waals surface area contributed by atoms with Gasteiger partial charge < -0.3 is 10.1 Å². The number of benzene rings is 2. The molecule has 0 saturated carbocycles. The number of nitrogens with one attached hydrogen (secondary N) is 1. The minimum absolute atomic E-state index is 0.123. The van der Waals surface area contributed by atoms with E-state index >= 15 is 0 Å². The number of hydrogen-bond donors (Lipinski definition) is 1. The topological polar surface area (TPSA) is 47.0 Å². The van der Waals surface area contributed by atoms with Crippen molar-refractivity contribution >= 4 is 17.4 Å². The molecular formula is C22H24ClN3O. The van der Waals surface area contributed by atoms with Crippen molar-refractivity contribution in [2.45, 2.75) is 39.2 Å². The number of aromatic nitrogens is 2. The maximum atomic E-state index is 6.45. The molecule has 4 nitrogen and oxygen atoms in total. The van der Waals surface area contributed by atoms with Crippen molar-refractivity contribution in [2.75, 3.05) is 5.32 Å². The Morgan fingerprint density at radius 2 is 1.67 bits per heavy atom.